The third kappa shape index (κ3) is 8.38. The van der Waals surface area contributed by atoms with Crippen molar-refractivity contribution in [1.82, 2.24) is 0 Å². The fourth-order valence-corrected chi connectivity index (χ4v) is 9.81. The number of thiophene rings is 4. The molecule has 0 saturated heterocycles. The normalized spacial score (nSPS) is 11.3. The molecule has 4 rings (SSSR count). The van der Waals surface area contributed by atoms with Gasteiger partial charge in [0.25, 0.3) is 0 Å². The number of ether oxygens (including phenoxy) is 2. The van der Waals surface area contributed by atoms with Crippen LogP contribution in [0.2, 0.25) is 0 Å². The Morgan fingerprint density at radius 1 is 0.619 bits per heavy atom. The van der Waals surface area contributed by atoms with Crippen LogP contribution in [-0.4, -0.2) is 25.2 Å². The van der Waals surface area contributed by atoms with Gasteiger partial charge in [0.05, 0.1) is 51.4 Å². The highest BCUT2D eigenvalue weighted by Crippen LogP contribution is 2.48. The maximum Gasteiger partial charge on any atom is 0.339 e. The summed E-state index contributed by atoms with van der Waals surface area (Å²) < 4.78 is 43.0. The Kier molecular flexibility index (Phi) is 12.8. The fraction of sp³-hybridized carbons (Fsp3) is 0.400. The average molecular weight is 781 g/mol. The highest BCUT2D eigenvalue weighted by atomic mass is 79.9. The molecule has 42 heavy (non-hydrogen) atoms. The van der Waals surface area contributed by atoms with Crippen molar-refractivity contribution < 1.29 is 27.8 Å². The molecule has 0 aliphatic rings. The van der Waals surface area contributed by atoms with E-state index in [2.05, 4.69) is 45.7 Å². The smallest absolute Gasteiger partial charge is 0.339 e. The summed E-state index contributed by atoms with van der Waals surface area (Å²) in [6, 6.07) is 6.01. The molecule has 0 unspecified atom stereocenters. The first kappa shape index (κ1) is 33.5. The van der Waals surface area contributed by atoms with Crippen LogP contribution in [0.5, 0.6) is 0 Å². The second-order valence-corrected chi connectivity index (χ2v) is 16.5. The van der Waals surface area contributed by atoms with Crippen molar-refractivity contribution in [2.45, 2.75) is 65.2 Å². The SMILES string of the molecule is CCCCCCOC(=O)c1cc(Br)sc1-c1cc(F)c(-c2sc(-c3sc(Br)cc3C(=O)OCCCCCC)cc2F)s1. The molecule has 4 aromatic heterocycles. The van der Waals surface area contributed by atoms with E-state index in [1.165, 1.54) is 34.8 Å². The minimum Gasteiger partial charge on any atom is -0.462 e. The number of carbonyl (C=O) groups is 2. The highest BCUT2D eigenvalue weighted by molar-refractivity contribution is 9.11. The minimum absolute atomic E-state index is 0.137. The first-order chi connectivity index (χ1) is 20.2. The van der Waals surface area contributed by atoms with Gasteiger partial charge in [0, 0.05) is 9.75 Å². The molecule has 0 aromatic carbocycles. The standard InChI is InChI=1S/C30H30Br2F2O4S4/c1-3-5-7-9-11-37-29(35)17-13-23(31)41-25(17)21-15-19(33)27(39-21)28-20(34)16-22(40-28)26-18(14-24(32)42-26)30(36)38-12-10-8-6-4-2/h13-16H,3-12H2,1-2H3. The summed E-state index contributed by atoms with van der Waals surface area (Å²) in [6.07, 6.45) is 7.90. The number of hydrogen-bond acceptors (Lipinski definition) is 8. The van der Waals surface area contributed by atoms with Crippen LogP contribution in [-0.2, 0) is 9.47 Å². The Hall–Kier alpha value is -1.44. The van der Waals surface area contributed by atoms with Crippen molar-refractivity contribution in [2.24, 2.45) is 0 Å². The second-order valence-electron chi connectivity index (χ2n) is 9.56. The Bertz CT molecular complexity index is 1410. The second kappa shape index (κ2) is 16.0. The van der Waals surface area contributed by atoms with E-state index in [1.807, 2.05) is 0 Å². The summed E-state index contributed by atoms with van der Waals surface area (Å²) in [5, 5.41) is 0. The molecule has 0 fully saturated rings. The molecule has 0 atom stereocenters. The summed E-state index contributed by atoms with van der Waals surface area (Å²) in [5.41, 5.74) is 0.701. The minimum atomic E-state index is -0.579. The van der Waals surface area contributed by atoms with Crippen molar-refractivity contribution in [2.75, 3.05) is 13.2 Å². The van der Waals surface area contributed by atoms with E-state index in [0.717, 1.165) is 74.0 Å². The Balaban J connectivity index is 1.56. The molecule has 12 heteroatoms. The van der Waals surface area contributed by atoms with Crippen molar-refractivity contribution in [3.63, 3.8) is 0 Å². The number of hydrogen-bond donors (Lipinski definition) is 0. The van der Waals surface area contributed by atoms with Gasteiger partial charge in [0.2, 0.25) is 0 Å². The molecule has 0 radical (unpaired) electrons. The average Bonchev–Trinajstić information content (AvgIpc) is 3.73. The molecule has 226 valence electrons. The largest absolute Gasteiger partial charge is 0.462 e. The Morgan fingerprint density at radius 2 is 1.02 bits per heavy atom. The first-order valence-electron chi connectivity index (χ1n) is 13.8. The van der Waals surface area contributed by atoms with E-state index < -0.39 is 23.6 Å². The predicted molar refractivity (Wildman–Crippen MR) is 178 cm³/mol. The van der Waals surface area contributed by atoms with Gasteiger partial charge in [-0.15, -0.1) is 45.3 Å². The van der Waals surface area contributed by atoms with E-state index in [-0.39, 0.29) is 9.75 Å². The molecule has 4 aromatic rings. The molecular formula is C30H30Br2F2O4S4. The number of halogens is 4. The van der Waals surface area contributed by atoms with Gasteiger partial charge in [0.15, 0.2) is 0 Å². The van der Waals surface area contributed by atoms with Crippen LogP contribution in [0.3, 0.4) is 0 Å². The zero-order valence-electron chi connectivity index (χ0n) is 23.2. The van der Waals surface area contributed by atoms with Gasteiger partial charge >= 0.3 is 11.9 Å². The van der Waals surface area contributed by atoms with Crippen LogP contribution < -0.4 is 0 Å². The molecule has 0 aliphatic carbocycles. The van der Waals surface area contributed by atoms with Crippen molar-refractivity contribution >= 4 is 89.1 Å². The molecule has 4 heterocycles. The Morgan fingerprint density at radius 3 is 1.40 bits per heavy atom. The van der Waals surface area contributed by atoms with Gasteiger partial charge in [0.1, 0.15) is 11.6 Å². The summed E-state index contributed by atoms with van der Waals surface area (Å²) in [5.74, 6) is -2.08. The number of esters is 2. The van der Waals surface area contributed by atoms with Crippen LogP contribution in [0.4, 0.5) is 8.78 Å². The van der Waals surface area contributed by atoms with Crippen LogP contribution in [0.1, 0.15) is 85.9 Å². The molecule has 0 spiro atoms. The van der Waals surface area contributed by atoms with Gasteiger partial charge in [-0.1, -0.05) is 52.4 Å². The van der Waals surface area contributed by atoms with Crippen molar-refractivity contribution in [1.29, 1.82) is 0 Å². The van der Waals surface area contributed by atoms with Crippen LogP contribution in [0, 0.1) is 11.6 Å². The highest BCUT2D eigenvalue weighted by Gasteiger charge is 2.26. The van der Waals surface area contributed by atoms with E-state index in [9.17, 15) is 9.59 Å². The summed E-state index contributed by atoms with van der Waals surface area (Å²) in [4.78, 5) is 28.1. The quantitative estimate of drug-likeness (QED) is 0.0890. The van der Waals surface area contributed by atoms with Gasteiger partial charge in [-0.3, -0.25) is 0 Å². The molecule has 0 N–H and O–H groups in total. The van der Waals surface area contributed by atoms with Crippen molar-refractivity contribution in [3.8, 4) is 29.3 Å². The number of unbranched alkanes of at least 4 members (excludes halogenated alkanes) is 6. The zero-order chi connectivity index (χ0) is 30.2. The molecule has 0 saturated carbocycles. The molecule has 0 amide bonds. The van der Waals surface area contributed by atoms with Crippen molar-refractivity contribution in [3.05, 3.63) is 54.6 Å². The third-order valence-corrected chi connectivity index (χ3v) is 12.4. The van der Waals surface area contributed by atoms with E-state index in [0.29, 0.717) is 51.4 Å². The predicted octanol–water partition coefficient (Wildman–Crippen LogP) is 12.2. The summed E-state index contributed by atoms with van der Waals surface area (Å²) in [7, 11) is 0. The number of carbonyl (C=O) groups excluding carboxylic acids is 2. The summed E-state index contributed by atoms with van der Waals surface area (Å²) >= 11 is 11.6. The maximum atomic E-state index is 15.3. The molecule has 0 bridgehead atoms. The first-order valence-corrected chi connectivity index (χ1v) is 18.6. The van der Waals surface area contributed by atoms with Crippen LogP contribution in [0.15, 0.2) is 31.8 Å². The van der Waals surface area contributed by atoms with Gasteiger partial charge < -0.3 is 9.47 Å². The topological polar surface area (TPSA) is 52.6 Å². The van der Waals surface area contributed by atoms with Crippen LogP contribution >= 0.6 is 77.2 Å². The van der Waals surface area contributed by atoms with Gasteiger partial charge in [-0.2, -0.15) is 0 Å². The molecule has 0 aliphatic heterocycles. The molecular weight excluding hydrogens is 750 g/mol. The lowest BCUT2D eigenvalue weighted by molar-refractivity contribution is 0.0490. The zero-order valence-corrected chi connectivity index (χ0v) is 29.6. The van der Waals surface area contributed by atoms with E-state index in [4.69, 9.17) is 9.47 Å². The Labute approximate surface area is 277 Å². The van der Waals surface area contributed by atoms with E-state index >= 15 is 8.78 Å². The molecule has 4 nitrogen and oxygen atoms in total. The lowest BCUT2D eigenvalue weighted by Gasteiger charge is -2.05. The maximum absolute atomic E-state index is 15.3. The summed E-state index contributed by atoms with van der Waals surface area (Å²) in [6.45, 7) is 4.88. The van der Waals surface area contributed by atoms with E-state index in [1.54, 1.807) is 12.1 Å². The fourth-order valence-electron chi connectivity index (χ4n) is 4.21. The lowest BCUT2D eigenvalue weighted by atomic mass is 10.2. The lowest BCUT2D eigenvalue weighted by Crippen LogP contribution is -2.06. The third-order valence-electron chi connectivity index (χ3n) is 6.33. The van der Waals surface area contributed by atoms with Gasteiger partial charge in [-0.25, -0.2) is 18.4 Å². The monoisotopic (exact) mass is 778 g/mol. The number of rotatable bonds is 15. The van der Waals surface area contributed by atoms with Gasteiger partial charge in [-0.05, 0) is 69.0 Å². The van der Waals surface area contributed by atoms with Crippen LogP contribution in [0.25, 0.3) is 29.3 Å².